The third kappa shape index (κ3) is 3.56. The minimum Gasteiger partial charge on any atom is -0.339 e. The highest BCUT2D eigenvalue weighted by molar-refractivity contribution is 5.80. The van der Waals surface area contributed by atoms with Gasteiger partial charge in [-0.2, -0.15) is 0 Å². The largest absolute Gasteiger partial charge is 0.339 e. The van der Waals surface area contributed by atoms with Crippen molar-refractivity contribution in [3.05, 3.63) is 34.6 Å². The summed E-state index contributed by atoms with van der Waals surface area (Å²) in [6.07, 6.45) is 4.25. The van der Waals surface area contributed by atoms with Gasteiger partial charge < -0.3 is 9.80 Å². The van der Waals surface area contributed by atoms with Crippen LogP contribution in [0, 0.1) is 5.92 Å². The van der Waals surface area contributed by atoms with Crippen molar-refractivity contribution >= 4 is 22.7 Å². The molecule has 1 aliphatic carbocycles. The van der Waals surface area contributed by atoms with Crippen LogP contribution < -0.4 is 5.56 Å². The molecule has 1 saturated heterocycles. The average Bonchev–Trinajstić information content (AvgIpc) is 3.25. The maximum absolute atomic E-state index is 12.6. The summed E-state index contributed by atoms with van der Waals surface area (Å²) in [5.74, 6) is 0.226. The zero-order valence-electron chi connectivity index (χ0n) is 15.2. The molecule has 1 saturated carbocycles. The fourth-order valence-corrected chi connectivity index (χ4v) is 3.96. The van der Waals surface area contributed by atoms with Crippen molar-refractivity contribution in [2.75, 3.05) is 26.2 Å². The summed E-state index contributed by atoms with van der Waals surface area (Å²) in [5.41, 5.74) is 0.203. The monoisotopic (exact) mass is 369 g/mol. The first-order valence-corrected chi connectivity index (χ1v) is 9.52. The normalized spacial score (nSPS) is 18.2. The van der Waals surface area contributed by atoms with Crippen LogP contribution in [0.2, 0.25) is 0 Å². The van der Waals surface area contributed by atoms with Gasteiger partial charge in [-0.3, -0.25) is 14.4 Å². The van der Waals surface area contributed by atoms with E-state index < -0.39 is 0 Å². The molecule has 2 amide bonds. The van der Waals surface area contributed by atoms with E-state index in [9.17, 15) is 14.4 Å². The molecule has 0 unspecified atom stereocenters. The third-order valence-electron chi connectivity index (χ3n) is 5.56. The smallest absolute Gasteiger partial charge is 0.278 e. The van der Waals surface area contributed by atoms with Crippen LogP contribution >= 0.6 is 0 Å². The average molecular weight is 369 g/mol. The number of benzene rings is 1. The Morgan fingerprint density at radius 2 is 1.67 bits per heavy atom. The highest BCUT2D eigenvalue weighted by atomic mass is 16.2. The lowest BCUT2D eigenvalue weighted by Gasteiger charge is -2.36. The number of hydrogen-bond donors (Lipinski definition) is 0. The van der Waals surface area contributed by atoms with Gasteiger partial charge in [-0.15, -0.1) is 5.10 Å². The molecule has 4 rings (SSSR count). The van der Waals surface area contributed by atoms with Gasteiger partial charge in [0.1, 0.15) is 12.1 Å². The minimum atomic E-state index is -0.316. The van der Waals surface area contributed by atoms with E-state index in [1.807, 2.05) is 4.90 Å². The van der Waals surface area contributed by atoms with Gasteiger partial charge in [-0.1, -0.05) is 30.2 Å². The number of carbonyl (C=O) groups excluding carboxylic acids is 2. The number of fused-ring (bicyclic) bond motifs is 1. The van der Waals surface area contributed by atoms with Crippen LogP contribution in [-0.2, 0) is 16.1 Å². The fourth-order valence-electron chi connectivity index (χ4n) is 3.96. The molecule has 2 aliphatic rings. The zero-order valence-corrected chi connectivity index (χ0v) is 15.2. The number of amides is 2. The van der Waals surface area contributed by atoms with Crippen LogP contribution in [0.5, 0.6) is 0 Å². The van der Waals surface area contributed by atoms with Gasteiger partial charge >= 0.3 is 0 Å². The Bertz CT molecular complexity index is 911. The lowest BCUT2D eigenvalue weighted by Crippen LogP contribution is -2.52. The predicted octanol–water partition coefficient (Wildman–Crippen LogP) is 0.652. The molecule has 0 spiro atoms. The first-order chi connectivity index (χ1) is 13.1. The Kier molecular flexibility index (Phi) is 4.87. The van der Waals surface area contributed by atoms with Crippen LogP contribution in [0.3, 0.4) is 0 Å². The molecule has 142 valence electrons. The molecule has 8 nitrogen and oxygen atoms in total. The molecule has 2 heterocycles. The number of aromatic nitrogens is 3. The van der Waals surface area contributed by atoms with E-state index in [4.69, 9.17) is 0 Å². The minimum absolute atomic E-state index is 0.132. The maximum Gasteiger partial charge on any atom is 0.278 e. The Balaban J connectivity index is 1.38. The lowest BCUT2D eigenvalue weighted by molar-refractivity contribution is -0.142. The lowest BCUT2D eigenvalue weighted by atomic mass is 10.1. The predicted molar refractivity (Wildman–Crippen MR) is 98.9 cm³/mol. The summed E-state index contributed by atoms with van der Waals surface area (Å²) in [6, 6.07) is 6.95. The molecule has 0 bridgehead atoms. The van der Waals surface area contributed by atoms with Crippen molar-refractivity contribution in [3.8, 4) is 0 Å². The van der Waals surface area contributed by atoms with E-state index in [-0.39, 0.29) is 29.8 Å². The zero-order chi connectivity index (χ0) is 18.8. The van der Waals surface area contributed by atoms with Crippen LogP contribution in [0.15, 0.2) is 29.1 Å². The van der Waals surface area contributed by atoms with E-state index in [2.05, 4.69) is 10.3 Å². The second-order valence-corrected chi connectivity index (χ2v) is 7.26. The molecule has 1 aliphatic heterocycles. The van der Waals surface area contributed by atoms with Crippen LogP contribution in [0.4, 0.5) is 0 Å². The number of hydrogen-bond acceptors (Lipinski definition) is 5. The molecule has 2 aromatic rings. The van der Waals surface area contributed by atoms with Crippen molar-refractivity contribution in [2.45, 2.75) is 32.2 Å². The van der Waals surface area contributed by atoms with Crippen molar-refractivity contribution in [2.24, 2.45) is 5.92 Å². The van der Waals surface area contributed by atoms with Crippen molar-refractivity contribution in [1.29, 1.82) is 0 Å². The van der Waals surface area contributed by atoms with Gasteiger partial charge in [-0.05, 0) is 25.0 Å². The van der Waals surface area contributed by atoms with E-state index in [0.29, 0.717) is 37.1 Å². The van der Waals surface area contributed by atoms with Crippen LogP contribution in [0.25, 0.3) is 10.9 Å². The molecule has 0 N–H and O–H groups in total. The summed E-state index contributed by atoms with van der Waals surface area (Å²) in [4.78, 5) is 41.1. The SMILES string of the molecule is O=C(Cn1nnc2ccccc2c1=O)N1CCN(C(=O)C2CCCC2)CC1. The summed E-state index contributed by atoms with van der Waals surface area (Å²) in [5, 5.41) is 8.34. The topological polar surface area (TPSA) is 88.4 Å². The van der Waals surface area contributed by atoms with Crippen molar-refractivity contribution in [3.63, 3.8) is 0 Å². The van der Waals surface area contributed by atoms with Crippen LogP contribution in [0.1, 0.15) is 25.7 Å². The standard InChI is InChI=1S/C19H23N5O3/c25-17(13-24-19(27)15-7-3-4-8-16(15)20-21-24)22-9-11-23(12-10-22)18(26)14-5-1-2-6-14/h3-4,7-8,14H,1-2,5-6,9-13H2. The van der Waals surface area contributed by atoms with E-state index >= 15 is 0 Å². The van der Waals surface area contributed by atoms with Gasteiger partial charge in [0.25, 0.3) is 5.56 Å². The highest BCUT2D eigenvalue weighted by Gasteiger charge is 2.30. The number of nitrogens with zero attached hydrogens (tertiary/aromatic N) is 5. The molecule has 1 aromatic carbocycles. The molecule has 0 radical (unpaired) electrons. The van der Waals surface area contributed by atoms with Crippen molar-refractivity contribution in [1.82, 2.24) is 24.8 Å². The van der Waals surface area contributed by atoms with E-state index in [1.165, 1.54) is 0 Å². The summed E-state index contributed by atoms with van der Waals surface area (Å²) in [7, 11) is 0. The summed E-state index contributed by atoms with van der Waals surface area (Å²) < 4.78 is 1.11. The van der Waals surface area contributed by atoms with Gasteiger partial charge in [0.05, 0.1) is 5.39 Å². The molecule has 0 atom stereocenters. The first kappa shape index (κ1) is 17.6. The molecule has 8 heteroatoms. The van der Waals surface area contributed by atoms with Gasteiger partial charge in [0.15, 0.2) is 0 Å². The fraction of sp³-hybridized carbons (Fsp3) is 0.526. The van der Waals surface area contributed by atoms with Crippen molar-refractivity contribution < 1.29 is 9.59 Å². The number of piperazine rings is 1. The second kappa shape index (κ2) is 7.46. The molecule has 1 aromatic heterocycles. The molecule has 27 heavy (non-hydrogen) atoms. The molecular formula is C19H23N5O3. The highest BCUT2D eigenvalue weighted by Crippen LogP contribution is 2.26. The Labute approximate surface area is 156 Å². The number of carbonyl (C=O) groups is 2. The van der Waals surface area contributed by atoms with Gasteiger partial charge in [-0.25, -0.2) is 4.68 Å². The number of rotatable bonds is 3. The summed E-state index contributed by atoms with van der Waals surface area (Å²) in [6.45, 7) is 1.96. The molecule has 2 fully saturated rings. The Hall–Kier alpha value is -2.77. The first-order valence-electron chi connectivity index (χ1n) is 9.52. The van der Waals surface area contributed by atoms with Gasteiger partial charge in [0.2, 0.25) is 11.8 Å². The second-order valence-electron chi connectivity index (χ2n) is 7.26. The maximum atomic E-state index is 12.6. The van der Waals surface area contributed by atoms with E-state index in [0.717, 1.165) is 30.4 Å². The Morgan fingerprint density at radius 3 is 2.41 bits per heavy atom. The quantitative estimate of drug-likeness (QED) is 0.793. The van der Waals surface area contributed by atoms with Gasteiger partial charge in [0, 0.05) is 32.1 Å². The summed E-state index contributed by atoms with van der Waals surface area (Å²) >= 11 is 0. The Morgan fingerprint density at radius 1 is 1.00 bits per heavy atom. The van der Waals surface area contributed by atoms with E-state index in [1.54, 1.807) is 29.2 Å². The molecular weight excluding hydrogens is 346 g/mol. The van der Waals surface area contributed by atoms with Crippen LogP contribution in [-0.4, -0.2) is 62.8 Å². The third-order valence-corrected chi connectivity index (χ3v) is 5.56.